The highest BCUT2D eigenvalue weighted by molar-refractivity contribution is 7.90. The lowest BCUT2D eigenvalue weighted by Crippen LogP contribution is -2.40. The molecule has 22 heavy (non-hydrogen) atoms. The Labute approximate surface area is 133 Å². The number of rotatable bonds is 9. The number of sulfone groups is 1. The van der Waals surface area contributed by atoms with Crippen molar-refractivity contribution in [2.24, 2.45) is 5.73 Å². The van der Waals surface area contributed by atoms with Crippen LogP contribution in [-0.4, -0.2) is 35.7 Å². The molecule has 126 valence electrons. The molecule has 0 amide bonds. The third-order valence-corrected chi connectivity index (χ3v) is 5.57. The van der Waals surface area contributed by atoms with Crippen molar-refractivity contribution in [2.45, 2.75) is 42.9 Å². The van der Waals surface area contributed by atoms with Gasteiger partial charge in [0.25, 0.3) is 0 Å². The van der Waals surface area contributed by atoms with Gasteiger partial charge in [0, 0.05) is 18.8 Å². The van der Waals surface area contributed by atoms with Gasteiger partial charge in [0.1, 0.15) is 0 Å². The minimum atomic E-state index is -3.64. The molecule has 6 nitrogen and oxygen atoms in total. The summed E-state index contributed by atoms with van der Waals surface area (Å²) in [6.45, 7) is 2.27. The summed E-state index contributed by atoms with van der Waals surface area (Å²) in [6.07, 6.45) is 3.70. The second-order valence-corrected chi connectivity index (χ2v) is 9.26. The summed E-state index contributed by atoms with van der Waals surface area (Å²) in [5, 5.41) is 0. The molecule has 0 heterocycles. The van der Waals surface area contributed by atoms with Crippen LogP contribution in [0.3, 0.4) is 0 Å². The lowest BCUT2D eigenvalue weighted by molar-refractivity contribution is 0.516. The van der Waals surface area contributed by atoms with E-state index >= 15 is 0 Å². The van der Waals surface area contributed by atoms with E-state index in [1.54, 1.807) is 0 Å². The Morgan fingerprint density at radius 1 is 1.14 bits per heavy atom. The van der Waals surface area contributed by atoms with E-state index in [1.807, 2.05) is 6.92 Å². The van der Waals surface area contributed by atoms with Crippen molar-refractivity contribution in [3.63, 3.8) is 0 Å². The molecule has 0 aliphatic heterocycles. The van der Waals surface area contributed by atoms with Crippen LogP contribution in [0.5, 0.6) is 0 Å². The first-order valence-electron chi connectivity index (χ1n) is 7.17. The maximum atomic E-state index is 12.3. The highest BCUT2D eigenvalue weighted by Crippen LogP contribution is 2.14. The second kappa shape index (κ2) is 8.05. The Kier molecular flexibility index (Phi) is 6.98. The second-order valence-electron chi connectivity index (χ2n) is 5.41. The molecular weight excluding hydrogens is 324 g/mol. The summed E-state index contributed by atoms with van der Waals surface area (Å²) < 4.78 is 49.6. The normalized spacial score (nSPS) is 14.0. The average molecular weight is 348 g/mol. The van der Waals surface area contributed by atoms with Crippen LogP contribution in [0.4, 0.5) is 0 Å². The predicted octanol–water partition coefficient (Wildman–Crippen LogP) is 1.03. The number of unbranched alkanes of at least 4 members (excludes halogenated alkanes) is 1. The van der Waals surface area contributed by atoms with Crippen molar-refractivity contribution in [3.05, 3.63) is 29.8 Å². The topological polar surface area (TPSA) is 106 Å². The van der Waals surface area contributed by atoms with Crippen LogP contribution in [0.15, 0.2) is 29.2 Å². The molecule has 0 bridgehead atoms. The van der Waals surface area contributed by atoms with Crippen molar-refractivity contribution in [2.75, 3.05) is 12.8 Å². The highest BCUT2D eigenvalue weighted by Gasteiger charge is 2.19. The number of sulfonamides is 1. The SMILES string of the molecule is CCCCC(CN)NS(=O)(=O)c1ccc(CS(C)(=O)=O)cc1. The molecule has 1 aromatic rings. The van der Waals surface area contributed by atoms with Gasteiger partial charge in [0.05, 0.1) is 10.6 Å². The summed E-state index contributed by atoms with van der Waals surface area (Å²) in [7, 11) is -6.78. The molecule has 3 N–H and O–H groups in total. The summed E-state index contributed by atoms with van der Waals surface area (Å²) in [5.41, 5.74) is 6.16. The highest BCUT2D eigenvalue weighted by atomic mass is 32.2. The molecule has 1 atom stereocenters. The van der Waals surface area contributed by atoms with E-state index in [-0.39, 0.29) is 23.2 Å². The van der Waals surface area contributed by atoms with Crippen LogP contribution in [-0.2, 0) is 25.6 Å². The zero-order chi connectivity index (χ0) is 16.8. The Balaban J connectivity index is 2.84. The maximum absolute atomic E-state index is 12.3. The molecule has 1 aromatic carbocycles. The molecule has 8 heteroatoms. The molecule has 0 saturated carbocycles. The smallest absolute Gasteiger partial charge is 0.240 e. The fourth-order valence-corrected chi connectivity index (χ4v) is 4.11. The van der Waals surface area contributed by atoms with Gasteiger partial charge in [-0.25, -0.2) is 21.6 Å². The average Bonchev–Trinajstić information content (AvgIpc) is 2.42. The van der Waals surface area contributed by atoms with E-state index in [1.165, 1.54) is 24.3 Å². The third kappa shape index (κ3) is 6.43. The molecule has 0 aliphatic carbocycles. The van der Waals surface area contributed by atoms with Gasteiger partial charge in [-0.2, -0.15) is 0 Å². The molecule has 0 fully saturated rings. The standard InChI is InChI=1S/C14H24N2O4S2/c1-3-4-5-13(10-15)16-22(19,20)14-8-6-12(7-9-14)11-21(2,17)18/h6-9,13,16H,3-5,10-11,15H2,1-2H3. The summed E-state index contributed by atoms with van der Waals surface area (Å²) in [6, 6.07) is 5.56. The monoisotopic (exact) mass is 348 g/mol. The Bertz CT molecular complexity index is 667. The fraction of sp³-hybridized carbons (Fsp3) is 0.571. The number of nitrogens with one attached hydrogen (secondary N) is 1. The number of benzene rings is 1. The number of nitrogens with two attached hydrogens (primary N) is 1. The Morgan fingerprint density at radius 2 is 1.73 bits per heavy atom. The van der Waals surface area contributed by atoms with Crippen molar-refractivity contribution in [1.82, 2.24) is 4.72 Å². The first kappa shape index (κ1) is 19.1. The molecular formula is C14H24N2O4S2. The van der Waals surface area contributed by atoms with Gasteiger partial charge in [-0.3, -0.25) is 0 Å². The van der Waals surface area contributed by atoms with Crippen molar-refractivity contribution in [1.29, 1.82) is 0 Å². The molecule has 0 spiro atoms. The maximum Gasteiger partial charge on any atom is 0.240 e. The van der Waals surface area contributed by atoms with E-state index < -0.39 is 19.9 Å². The van der Waals surface area contributed by atoms with Gasteiger partial charge in [0.2, 0.25) is 10.0 Å². The Morgan fingerprint density at radius 3 is 2.18 bits per heavy atom. The number of hydrogen-bond acceptors (Lipinski definition) is 5. The van der Waals surface area contributed by atoms with Gasteiger partial charge < -0.3 is 5.73 Å². The quantitative estimate of drug-likeness (QED) is 0.693. The van der Waals surface area contributed by atoms with E-state index in [9.17, 15) is 16.8 Å². The van der Waals surface area contributed by atoms with E-state index in [0.29, 0.717) is 12.0 Å². The van der Waals surface area contributed by atoms with Gasteiger partial charge in [0.15, 0.2) is 9.84 Å². The van der Waals surface area contributed by atoms with Gasteiger partial charge in [-0.15, -0.1) is 0 Å². The van der Waals surface area contributed by atoms with Crippen LogP contribution < -0.4 is 10.5 Å². The predicted molar refractivity (Wildman–Crippen MR) is 87.7 cm³/mol. The first-order valence-corrected chi connectivity index (χ1v) is 10.7. The minimum absolute atomic E-state index is 0.108. The van der Waals surface area contributed by atoms with Crippen LogP contribution >= 0.6 is 0 Å². The van der Waals surface area contributed by atoms with E-state index in [4.69, 9.17) is 5.73 Å². The van der Waals surface area contributed by atoms with Gasteiger partial charge in [-0.1, -0.05) is 31.9 Å². The third-order valence-electron chi connectivity index (χ3n) is 3.17. The first-order chi connectivity index (χ1) is 10.2. The molecule has 0 saturated heterocycles. The summed E-state index contributed by atoms with van der Waals surface area (Å²) in [5.74, 6) is -0.108. The molecule has 1 rings (SSSR count). The molecule has 1 unspecified atom stereocenters. The van der Waals surface area contributed by atoms with Crippen molar-refractivity contribution >= 4 is 19.9 Å². The van der Waals surface area contributed by atoms with Crippen LogP contribution in [0, 0.1) is 0 Å². The largest absolute Gasteiger partial charge is 0.329 e. The van der Waals surface area contributed by atoms with Gasteiger partial charge in [-0.05, 0) is 24.1 Å². The lowest BCUT2D eigenvalue weighted by Gasteiger charge is -2.16. The Hall–Kier alpha value is -0.960. The van der Waals surface area contributed by atoms with Gasteiger partial charge >= 0.3 is 0 Å². The van der Waals surface area contributed by atoms with Crippen LogP contribution in [0.1, 0.15) is 31.7 Å². The minimum Gasteiger partial charge on any atom is -0.329 e. The molecule has 0 radical (unpaired) electrons. The molecule has 0 aliphatic rings. The lowest BCUT2D eigenvalue weighted by atomic mass is 10.1. The summed E-state index contributed by atoms with van der Waals surface area (Å²) >= 11 is 0. The van der Waals surface area contributed by atoms with Crippen molar-refractivity contribution < 1.29 is 16.8 Å². The summed E-state index contributed by atoms with van der Waals surface area (Å²) in [4.78, 5) is 0.111. The van der Waals surface area contributed by atoms with E-state index in [0.717, 1.165) is 19.1 Å². The van der Waals surface area contributed by atoms with E-state index in [2.05, 4.69) is 4.72 Å². The van der Waals surface area contributed by atoms with Crippen LogP contribution in [0.2, 0.25) is 0 Å². The zero-order valence-electron chi connectivity index (χ0n) is 12.9. The van der Waals surface area contributed by atoms with Crippen molar-refractivity contribution in [3.8, 4) is 0 Å². The number of hydrogen-bond donors (Lipinski definition) is 2. The molecule has 0 aromatic heterocycles. The zero-order valence-corrected chi connectivity index (χ0v) is 14.6. The fourth-order valence-electron chi connectivity index (χ4n) is 2.03. The van der Waals surface area contributed by atoms with Crippen LogP contribution in [0.25, 0.3) is 0 Å².